The molecule has 1 fully saturated rings. The van der Waals surface area contributed by atoms with Crippen LogP contribution in [0.1, 0.15) is 45.1 Å². The third-order valence-electron chi connectivity index (χ3n) is 5.66. The largest absolute Gasteiger partial charge is 0.422 e. The number of aliphatic hydroxyl groups is 1. The Morgan fingerprint density at radius 3 is 2.37 bits per heavy atom. The van der Waals surface area contributed by atoms with Gasteiger partial charge < -0.3 is 9.84 Å². The Morgan fingerprint density at radius 2 is 1.85 bits per heavy atom. The zero-order chi connectivity index (χ0) is 20.1. The number of benzene rings is 1. The first-order valence-electron chi connectivity index (χ1n) is 9.41. The van der Waals surface area contributed by atoms with E-state index in [1.165, 1.54) is 0 Å². The van der Waals surface area contributed by atoms with Crippen LogP contribution < -0.4 is 0 Å². The summed E-state index contributed by atoms with van der Waals surface area (Å²) in [5, 5.41) is 16.1. The topological polar surface area (TPSA) is 45.1 Å². The molecule has 2 rings (SSSR count). The number of ether oxygens (including phenoxy) is 1. The summed E-state index contributed by atoms with van der Waals surface area (Å²) in [7, 11) is 1.63. The minimum absolute atomic E-state index is 0.108. The summed E-state index contributed by atoms with van der Waals surface area (Å²) in [6.45, 7) is 4.56. The van der Waals surface area contributed by atoms with Crippen LogP contribution in [-0.4, -0.2) is 53.4 Å². The van der Waals surface area contributed by atoms with E-state index in [9.17, 15) is 18.3 Å². The van der Waals surface area contributed by atoms with Crippen molar-refractivity contribution < 1.29 is 23.0 Å². The van der Waals surface area contributed by atoms with Crippen molar-refractivity contribution >= 4 is 6.21 Å². The molecule has 1 aromatic carbocycles. The van der Waals surface area contributed by atoms with Crippen LogP contribution in [0.3, 0.4) is 0 Å². The van der Waals surface area contributed by atoms with E-state index in [0.717, 1.165) is 25.7 Å². The lowest BCUT2D eigenvalue weighted by Crippen LogP contribution is -2.51. The molecule has 0 bridgehead atoms. The molecule has 7 heteroatoms. The number of nitrogens with zero attached hydrogens (tertiary/aromatic N) is 2. The fourth-order valence-electron chi connectivity index (χ4n) is 3.87. The van der Waals surface area contributed by atoms with E-state index in [-0.39, 0.29) is 6.04 Å². The summed E-state index contributed by atoms with van der Waals surface area (Å²) < 4.78 is 46.6. The molecule has 1 aromatic rings. The maximum Gasteiger partial charge on any atom is 0.422 e. The summed E-state index contributed by atoms with van der Waals surface area (Å²) in [5.41, 5.74) is -3.07. The zero-order valence-electron chi connectivity index (χ0n) is 16.2. The van der Waals surface area contributed by atoms with Crippen molar-refractivity contribution in [3.8, 4) is 0 Å². The Hall–Kier alpha value is -1.60. The predicted molar refractivity (Wildman–Crippen MR) is 99.7 cm³/mol. The second-order valence-corrected chi connectivity index (χ2v) is 7.13. The quantitative estimate of drug-likeness (QED) is 0.682. The van der Waals surface area contributed by atoms with Crippen LogP contribution in [0.5, 0.6) is 0 Å². The summed E-state index contributed by atoms with van der Waals surface area (Å²) >= 11 is 0. The van der Waals surface area contributed by atoms with Crippen molar-refractivity contribution in [3.63, 3.8) is 0 Å². The first-order valence-corrected chi connectivity index (χ1v) is 9.41. The molecule has 1 aliphatic heterocycles. The molecular weight excluding hydrogens is 357 g/mol. The molecule has 0 unspecified atom stereocenters. The molecule has 27 heavy (non-hydrogen) atoms. The first-order chi connectivity index (χ1) is 12.7. The average molecular weight is 386 g/mol. The number of methoxy groups -OCH3 is 1. The lowest BCUT2D eigenvalue weighted by Gasteiger charge is -2.40. The number of hydrogen-bond acceptors (Lipinski definition) is 4. The van der Waals surface area contributed by atoms with Crippen molar-refractivity contribution in [3.05, 3.63) is 35.9 Å². The van der Waals surface area contributed by atoms with Gasteiger partial charge in [-0.05, 0) is 31.2 Å². The predicted octanol–water partition coefficient (Wildman–Crippen LogP) is 4.18. The van der Waals surface area contributed by atoms with Gasteiger partial charge in [0.05, 0.1) is 17.9 Å². The minimum Gasteiger partial charge on any atom is -0.376 e. The molecule has 0 aromatic heterocycles. The molecule has 0 saturated carbocycles. The second kappa shape index (κ2) is 8.61. The molecule has 0 spiro atoms. The van der Waals surface area contributed by atoms with Crippen LogP contribution in [0.15, 0.2) is 35.4 Å². The third kappa shape index (κ3) is 4.63. The van der Waals surface area contributed by atoms with Crippen molar-refractivity contribution in [2.75, 3.05) is 13.7 Å². The van der Waals surface area contributed by atoms with Gasteiger partial charge in [-0.2, -0.15) is 18.3 Å². The summed E-state index contributed by atoms with van der Waals surface area (Å²) in [6.07, 6.45) is -1.63. The summed E-state index contributed by atoms with van der Waals surface area (Å²) in [5.74, 6) is 0. The van der Waals surface area contributed by atoms with Gasteiger partial charge in [-0.15, -0.1) is 0 Å². The van der Waals surface area contributed by atoms with Crippen LogP contribution in [0.25, 0.3) is 0 Å². The SMILES string of the molecule is CCC(CC)(OC)[C@@H]1CCCN1/N=C/[C@](O)(Cc1ccccc1)C(F)(F)F. The van der Waals surface area contributed by atoms with Gasteiger partial charge in [0, 0.05) is 20.1 Å². The third-order valence-corrected chi connectivity index (χ3v) is 5.66. The van der Waals surface area contributed by atoms with Gasteiger partial charge in [0.1, 0.15) is 0 Å². The van der Waals surface area contributed by atoms with Crippen molar-refractivity contribution in [1.29, 1.82) is 0 Å². The maximum absolute atomic E-state index is 13.6. The number of halogens is 3. The molecule has 1 aliphatic rings. The van der Waals surface area contributed by atoms with Gasteiger partial charge in [0.25, 0.3) is 0 Å². The highest BCUT2D eigenvalue weighted by atomic mass is 19.4. The highest BCUT2D eigenvalue weighted by Gasteiger charge is 2.53. The van der Waals surface area contributed by atoms with Crippen LogP contribution >= 0.6 is 0 Å². The molecule has 152 valence electrons. The normalized spacial score (nSPS) is 21.0. The van der Waals surface area contributed by atoms with Crippen LogP contribution in [-0.2, 0) is 11.2 Å². The van der Waals surface area contributed by atoms with Gasteiger partial charge in [-0.3, -0.25) is 5.01 Å². The van der Waals surface area contributed by atoms with Gasteiger partial charge >= 0.3 is 6.18 Å². The molecule has 4 nitrogen and oxygen atoms in total. The monoisotopic (exact) mass is 386 g/mol. The smallest absolute Gasteiger partial charge is 0.376 e. The highest BCUT2D eigenvalue weighted by Crippen LogP contribution is 2.36. The zero-order valence-corrected chi connectivity index (χ0v) is 16.2. The summed E-state index contributed by atoms with van der Waals surface area (Å²) in [6, 6.07) is 8.03. The van der Waals surface area contributed by atoms with Crippen molar-refractivity contribution in [1.82, 2.24) is 5.01 Å². The number of hydrazone groups is 1. The van der Waals surface area contributed by atoms with Crippen LogP contribution in [0.2, 0.25) is 0 Å². The van der Waals surface area contributed by atoms with E-state index in [1.54, 1.807) is 42.5 Å². The van der Waals surface area contributed by atoms with E-state index in [0.29, 0.717) is 18.3 Å². The number of rotatable bonds is 8. The molecule has 0 aliphatic carbocycles. The van der Waals surface area contributed by atoms with E-state index in [1.807, 2.05) is 13.8 Å². The van der Waals surface area contributed by atoms with Gasteiger partial charge in [-0.1, -0.05) is 44.2 Å². The molecule has 2 atom stereocenters. The Morgan fingerprint density at radius 1 is 1.22 bits per heavy atom. The molecule has 0 radical (unpaired) electrons. The maximum atomic E-state index is 13.6. The fourth-order valence-corrected chi connectivity index (χ4v) is 3.87. The van der Waals surface area contributed by atoms with Crippen molar-refractivity contribution in [2.24, 2.45) is 5.10 Å². The Kier molecular flexibility index (Phi) is 6.92. The van der Waals surface area contributed by atoms with E-state index >= 15 is 0 Å². The Balaban J connectivity index is 2.27. The minimum atomic E-state index is -4.82. The Bertz CT molecular complexity index is 609. The lowest BCUT2D eigenvalue weighted by atomic mass is 9.87. The van der Waals surface area contributed by atoms with E-state index in [4.69, 9.17) is 4.74 Å². The molecule has 1 saturated heterocycles. The first kappa shape index (κ1) is 21.7. The lowest BCUT2D eigenvalue weighted by molar-refractivity contribution is -0.228. The van der Waals surface area contributed by atoms with Gasteiger partial charge in [0.15, 0.2) is 0 Å². The number of hydrogen-bond donors (Lipinski definition) is 1. The van der Waals surface area contributed by atoms with Crippen LogP contribution in [0, 0.1) is 0 Å². The van der Waals surface area contributed by atoms with Crippen LogP contribution in [0.4, 0.5) is 13.2 Å². The van der Waals surface area contributed by atoms with Gasteiger partial charge in [0.2, 0.25) is 5.60 Å². The standard InChI is InChI=1S/C20H29F3N2O2/c1-4-18(5-2,27-3)17-12-9-13-25(17)24-15-19(26,20(21,22)23)14-16-10-7-6-8-11-16/h6-8,10-11,15,17,26H,4-5,9,12-14H2,1-3H3/b24-15+/t17-,19+/m0/s1. The van der Waals surface area contributed by atoms with Gasteiger partial charge in [-0.25, -0.2) is 0 Å². The second-order valence-electron chi connectivity index (χ2n) is 7.13. The molecular formula is C20H29F3N2O2. The fraction of sp³-hybridized carbons (Fsp3) is 0.650. The molecule has 1 N–H and O–H groups in total. The van der Waals surface area contributed by atoms with E-state index in [2.05, 4.69) is 5.10 Å². The highest BCUT2D eigenvalue weighted by molar-refractivity contribution is 5.70. The molecule has 1 heterocycles. The van der Waals surface area contributed by atoms with Crippen molar-refractivity contribution in [2.45, 2.75) is 69.4 Å². The van der Waals surface area contributed by atoms with E-state index < -0.39 is 23.8 Å². The summed E-state index contributed by atoms with van der Waals surface area (Å²) in [4.78, 5) is 0. The average Bonchev–Trinajstić information content (AvgIpc) is 3.11. The molecule has 0 amide bonds. The number of alkyl halides is 3. The Labute approximate surface area is 159 Å².